The van der Waals surface area contributed by atoms with E-state index in [4.69, 9.17) is 0 Å². The van der Waals surface area contributed by atoms with E-state index in [0.29, 0.717) is 17.7 Å². The molecule has 0 spiro atoms. The van der Waals surface area contributed by atoms with Crippen LogP contribution in [0.1, 0.15) is 35.2 Å². The number of rotatable bonds is 4. The number of aryl methyl sites for hydroxylation is 2. The lowest BCUT2D eigenvalue weighted by atomic mass is 10.1. The summed E-state index contributed by atoms with van der Waals surface area (Å²) in [6.45, 7) is 6.11. The van der Waals surface area contributed by atoms with Crippen molar-refractivity contribution in [1.29, 1.82) is 0 Å². The van der Waals surface area contributed by atoms with Crippen molar-refractivity contribution in [3.05, 3.63) is 70.3 Å². The second-order valence-corrected chi connectivity index (χ2v) is 5.19. The molecule has 0 fully saturated rings. The van der Waals surface area contributed by atoms with Crippen LogP contribution in [0.3, 0.4) is 0 Å². The Morgan fingerprint density at radius 1 is 0.950 bits per heavy atom. The third-order valence-electron chi connectivity index (χ3n) is 3.53. The fourth-order valence-corrected chi connectivity index (χ4v) is 2.08. The predicted octanol–water partition coefficient (Wildman–Crippen LogP) is 4.43. The van der Waals surface area contributed by atoms with Crippen molar-refractivity contribution in [3.63, 3.8) is 0 Å². The van der Waals surface area contributed by atoms with Gasteiger partial charge in [-0.15, -0.1) is 0 Å². The minimum Gasteiger partial charge on any atom is -0.306 e. The van der Waals surface area contributed by atoms with Crippen LogP contribution in [0.25, 0.3) is 0 Å². The summed E-state index contributed by atoms with van der Waals surface area (Å²) in [6.07, 6.45) is 0. The van der Waals surface area contributed by atoms with Gasteiger partial charge in [0, 0.05) is 12.6 Å². The highest BCUT2D eigenvalue weighted by Gasteiger charge is 2.08. The zero-order valence-electron chi connectivity index (χ0n) is 12.0. The van der Waals surface area contributed by atoms with Gasteiger partial charge in [-0.2, -0.15) is 0 Å². The SMILES string of the molecule is Cc1cc(CNC(C)c2ccc(C)c(F)c2)ccc1F. The van der Waals surface area contributed by atoms with Crippen molar-refractivity contribution < 1.29 is 8.78 Å². The molecule has 2 aromatic carbocycles. The molecule has 0 heterocycles. The molecule has 2 rings (SSSR count). The van der Waals surface area contributed by atoms with Gasteiger partial charge in [0.25, 0.3) is 0 Å². The van der Waals surface area contributed by atoms with E-state index < -0.39 is 0 Å². The number of hydrogen-bond donors (Lipinski definition) is 1. The molecule has 0 saturated heterocycles. The smallest absolute Gasteiger partial charge is 0.126 e. The van der Waals surface area contributed by atoms with E-state index in [2.05, 4.69) is 5.32 Å². The molecular formula is C17H19F2N. The number of nitrogens with one attached hydrogen (secondary N) is 1. The Morgan fingerprint density at radius 2 is 1.70 bits per heavy atom. The molecule has 0 saturated carbocycles. The Balaban J connectivity index is 2.02. The van der Waals surface area contributed by atoms with E-state index in [0.717, 1.165) is 11.1 Å². The quantitative estimate of drug-likeness (QED) is 0.870. The monoisotopic (exact) mass is 275 g/mol. The fourth-order valence-electron chi connectivity index (χ4n) is 2.08. The van der Waals surface area contributed by atoms with E-state index in [9.17, 15) is 8.78 Å². The first kappa shape index (κ1) is 14.7. The minimum absolute atomic E-state index is 0.0375. The Kier molecular flexibility index (Phi) is 4.50. The Bertz CT molecular complexity index is 608. The number of benzene rings is 2. The predicted molar refractivity (Wildman–Crippen MR) is 77.5 cm³/mol. The topological polar surface area (TPSA) is 12.0 Å². The van der Waals surface area contributed by atoms with Gasteiger partial charge in [-0.25, -0.2) is 8.78 Å². The first-order valence-corrected chi connectivity index (χ1v) is 6.72. The van der Waals surface area contributed by atoms with Crippen LogP contribution in [0.2, 0.25) is 0 Å². The molecule has 1 atom stereocenters. The highest BCUT2D eigenvalue weighted by molar-refractivity contribution is 5.26. The molecule has 0 aliphatic rings. The van der Waals surface area contributed by atoms with Gasteiger partial charge in [0.05, 0.1) is 0 Å². The molecule has 1 N–H and O–H groups in total. The van der Waals surface area contributed by atoms with Crippen LogP contribution in [0.4, 0.5) is 8.78 Å². The third-order valence-corrected chi connectivity index (χ3v) is 3.53. The summed E-state index contributed by atoms with van der Waals surface area (Å²) < 4.78 is 26.7. The molecule has 1 unspecified atom stereocenters. The van der Waals surface area contributed by atoms with Crippen molar-refractivity contribution in [3.8, 4) is 0 Å². The fraction of sp³-hybridized carbons (Fsp3) is 0.294. The summed E-state index contributed by atoms with van der Waals surface area (Å²) in [7, 11) is 0. The molecule has 3 heteroatoms. The van der Waals surface area contributed by atoms with Gasteiger partial charge in [-0.3, -0.25) is 0 Å². The summed E-state index contributed by atoms with van der Waals surface area (Å²) in [5, 5.41) is 3.32. The first-order valence-electron chi connectivity index (χ1n) is 6.72. The third kappa shape index (κ3) is 3.42. The maximum absolute atomic E-state index is 13.5. The van der Waals surface area contributed by atoms with Crippen LogP contribution < -0.4 is 5.32 Å². The second-order valence-electron chi connectivity index (χ2n) is 5.19. The molecular weight excluding hydrogens is 256 g/mol. The lowest BCUT2D eigenvalue weighted by molar-refractivity contribution is 0.561. The number of halogens is 2. The van der Waals surface area contributed by atoms with Crippen LogP contribution in [0, 0.1) is 25.5 Å². The largest absolute Gasteiger partial charge is 0.306 e. The second kappa shape index (κ2) is 6.14. The normalized spacial score (nSPS) is 12.4. The molecule has 0 aliphatic carbocycles. The Labute approximate surface area is 118 Å². The highest BCUT2D eigenvalue weighted by atomic mass is 19.1. The molecule has 106 valence electrons. The Hall–Kier alpha value is -1.74. The van der Waals surface area contributed by atoms with Gasteiger partial charge in [-0.05, 0) is 55.2 Å². The summed E-state index contributed by atoms with van der Waals surface area (Å²) in [5.41, 5.74) is 3.21. The van der Waals surface area contributed by atoms with E-state index in [1.165, 1.54) is 6.07 Å². The zero-order valence-corrected chi connectivity index (χ0v) is 12.0. The average Bonchev–Trinajstić information content (AvgIpc) is 2.43. The minimum atomic E-state index is -0.192. The maximum atomic E-state index is 13.5. The summed E-state index contributed by atoms with van der Waals surface area (Å²) in [4.78, 5) is 0. The van der Waals surface area contributed by atoms with E-state index in [1.54, 1.807) is 32.0 Å². The van der Waals surface area contributed by atoms with Crippen LogP contribution in [0.15, 0.2) is 36.4 Å². The summed E-state index contributed by atoms with van der Waals surface area (Å²) >= 11 is 0. The van der Waals surface area contributed by atoms with Gasteiger partial charge < -0.3 is 5.32 Å². The van der Waals surface area contributed by atoms with E-state index in [1.807, 2.05) is 19.1 Å². The molecule has 0 aliphatic heterocycles. The van der Waals surface area contributed by atoms with Crippen LogP contribution in [0.5, 0.6) is 0 Å². The van der Waals surface area contributed by atoms with Crippen molar-refractivity contribution in [2.75, 3.05) is 0 Å². The van der Waals surface area contributed by atoms with E-state index in [-0.39, 0.29) is 17.7 Å². The molecule has 0 radical (unpaired) electrons. The average molecular weight is 275 g/mol. The van der Waals surface area contributed by atoms with Gasteiger partial charge in [0.1, 0.15) is 11.6 Å². The summed E-state index contributed by atoms with van der Waals surface area (Å²) in [6, 6.07) is 10.4. The molecule has 2 aromatic rings. The molecule has 1 nitrogen and oxygen atoms in total. The Morgan fingerprint density at radius 3 is 2.35 bits per heavy atom. The first-order chi connectivity index (χ1) is 9.47. The molecule has 0 amide bonds. The van der Waals surface area contributed by atoms with Gasteiger partial charge in [0.2, 0.25) is 0 Å². The van der Waals surface area contributed by atoms with Gasteiger partial charge >= 0.3 is 0 Å². The van der Waals surface area contributed by atoms with Crippen molar-refractivity contribution >= 4 is 0 Å². The van der Waals surface area contributed by atoms with Crippen LogP contribution in [-0.2, 0) is 6.54 Å². The lowest BCUT2D eigenvalue weighted by Crippen LogP contribution is -2.18. The highest BCUT2D eigenvalue weighted by Crippen LogP contribution is 2.17. The van der Waals surface area contributed by atoms with Crippen LogP contribution >= 0.6 is 0 Å². The van der Waals surface area contributed by atoms with E-state index >= 15 is 0 Å². The molecule has 0 aromatic heterocycles. The van der Waals surface area contributed by atoms with Crippen molar-refractivity contribution in [2.45, 2.75) is 33.4 Å². The summed E-state index contributed by atoms with van der Waals surface area (Å²) in [5.74, 6) is -0.379. The standard InChI is InChI=1S/C17H19F2N/c1-11-4-6-15(9-17(11)19)13(3)20-10-14-5-7-16(18)12(2)8-14/h4-9,13,20H,10H2,1-3H3. The zero-order chi connectivity index (χ0) is 14.7. The van der Waals surface area contributed by atoms with Crippen LogP contribution in [-0.4, -0.2) is 0 Å². The molecule has 20 heavy (non-hydrogen) atoms. The van der Waals surface area contributed by atoms with Gasteiger partial charge in [0.15, 0.2) is 0 Å². The lowest BCUT2D eigenvalue weighted by Gasteiger charge is -2.15. The van der Waals surface area contributed by atoms with Crippen molar-refractivity contribution in [1.82, 2.24) is 5.32 Å². The van der Waals surface area contributed by atoms with Gasteiger partial charge in [-0.1, -0.05) is 24.3 Å². The molecule has 0 bridgehead atoms. The maximum Gasteiger partial charge on any atom is 0.126 e. The number of hydrogen-bond acceptors (Lipinski definition) is 1. The van der Waals surface area contributed by atoms with Crippen molar-refractivity contribution in [2.24, 2.45) is 0 Å².